The highest BCUT2D eigenvalue weighted by atomic mass is 35.5. The van der Waals surface area contributed by atoms with E-state index in [1.165, 1.54) is 11.3 Å². The molecule has 0 radical (unpaired) electrons. The Kier molecular flexibility index (Phi) is 3.64. The van der Waals surface area contributed by atoms with E-state index in [2.05, 4.69) is 41.4 Å². The number of nitrogens with one attached hydrogen (secondary N) is 1. The Bertz CT molecular complexity index is 639. The summed E-state index contributed by atoms with van der Waals surface area (Å²) in [7, 11) is 0. The molecule has 0 saturated heterocycles. The van der Waals surface area contributed by atoms with Crippen LogP contribution in [-0.4, -0.2) is 11.7 Å². The van der Waals surface area contributed by atoms with E-state index in [4.69, 9.17) is 23.8 Å². The molecule has 2 nitrogen and oxygen atoms in total. The molecule has 0 aliphatic carbocycles. The normalized spacial score (nSPS) is 16.9. The molecular formula is C16H15ClN2S. The summed E-state index contributed by atoms with van der Waals surface area (Å²) in [5.74, 6) is 0.496. The molecule has 0 bridgehead atoms. The smallest absolute Gasteiger partial charge is 0.177 e. The van der Waals surface area contributed by atoms with Crippen molar-refractivity contribution in [2.75, 3.05) is 16.8 Å². The predicted octanol–water partition coefficient (Wildman–Crippen LogP) is 4.66. The van der Waals surface area contributed by atoms with Crippen molar-refractivity contribution in [1.82, 2.24) is 0 Å². The van der Waals surface area contributed by atoms with Gasteiger partial charge in [-0.05, 0) is 48.1 Å². The Labute approximate surface area is 129 Å². The molecule has 102 valence electrons. The van der Waals surface area contributed by atoms with Crippen molar-refractivity contribution in [2.24, 2.45) is 0 Å². The van der Waals surface area contributed by atoms with E-state index in [0.717, 1.165) is 22.4 Å². The van der Waals surface area contributed by atoms with Crippen LogP contribution in [-0.2, 0) is 0 Å². The molecule has 0 aromatic heterocycles. The molecule has 1 heterocycles. The minimum Gasteiger partial charge on any atom is -0.332 e. The maximum Gasteiger partial charge on any atom is 0.177 e. The summed E-state index contributed by atoms with van der Waals surface area (Å²) in [6.45, 7) is 3.14. The fraction of sp³-hybridized carbons (Fsp3) is 0.188. The molecule has 0 fully saturated rings. The molecule has 0 spiro atoms. The second-order valence-electron chi connectivity index (χ2n) is 5.01. The molecule has 3 rings (SSSR count). The first kappa shape index (κ1) is 13.4. The summed E-state index contributed by atoms with van der Waals surface area (Å²) in [4.78, 5) is 2.16. The summed E-state index contributed by atoms with van der Waals surface area (Å²) in [5.41, 5.74) is 3.51. The van der Waals surface area contributed by atoms with E-state index in [0.29, 0.717) is 5.92 Å². The second kappa shape index (κ2) is 5.43. The van der Waals surface area contributed by atoms with E-state index in [1.807, 2.05) is 24.3 Å². The zero-order chi connectivity index (χ0) is 14.1. The second-order valence-corrected chi connectivity index (χ2v) is 5.83. The molecule has 20 heavy (non-hydrogen) atoms. The minimum atomic E-state index is 0.496. The maximum atomic E-state index is 5.89. The van der Waals surface area contributed by atoms with Gasteiger partial charge in [-0.1, -0.05) is 36.7 Å². The molecule has 4 heteroatoms. The lowest BCUT2D eigenvalue weighted by atomic mass is 10.0. The van der Waals surface area contributed by atoms with Gasteiger partial charge in [0.1, 0.15) is 0 Å². The Morgan fingerprint density at radius 1 is 1.20 bits per heavy atom. The zero-order valence-corrected chi connectivity index (χ0v) is 12.7. The number of hydrogen-bond donors (Lipinski definition) is 1. The van der Waals surface area contributed by atoms with Crippen molar-refractivity contribution in [3.05, 3.63) is 59.1 Å². The average molecular weight is 303 g/mol. The van der Waals surface area contributed by atoms with Gasteiger partial charge in [0.2, 0.25) is 0 Å². The third-order valence-corrected chi connectivity index (χ3v) is 4.13. The van der Waals surface area contributed by atoms with Gasteiger partial charge < -0.3 is 10.2 Å². The largest absolute Gasteiger partial charge is 0.332 e. The van der Waals surface area contributed by atoms with E-state index in [-0.39, 0.29) is 0 Å². The van der Waals surface area contributed by atoms with Crippen LogP contribution in [0.2, 0.25) is 5.02 Å². The fourth-order valence-electron chi connectivity index (χ4n) is 2.54. The van der Waals surface area contributed by atoms with Crippen LogP contribution >= 0.6 is 23.8 Å². The summed E-state index contributed by atoms with van der Waals surface area (Å²) < 4.78 is 0. The molecule has 2 aromatic rings. The van der Waals surface area contributed by atoms with E-state index < -0.39 is 0 Å². The molecule has 1 unspecified atom stereocenters. The predicted molar refractivity (Wildman–Crippen MR) is 89.9 cm³/mol. The van der Waals surface area contributed by atoms with Crippen molar-refractivity contribution >= 4 is 40.3 Å². The standard InChI is InChI=1S/C16H15ClN2S/c1-11-10-19(15-5-3-2-4-14(11)15)16(20)18-13-8-6-12(17)7-9-13/h2-9,11H,10H2,1H3,(H,18,20). The molecular weight excluding hydrogens is 288 g/mol. The highest BCUT2D eigenvalue weighted by molar-refractivity contribution is 7.80. The molecule has 1 N–H and O–H groups in total. The summed E-state index contributed by atoms with van der Waals surface area (Å²) in [5, 5.41) is 4.72. The lowest BCUT2D eigenvalue weighted by Gasteiger charge is -2.21. The molecule has 1 aliphatic rings. The van der Waals surface area contributed by atoms with Crippen molar-refractivity contribution in [3.63, 3.8) is 0 Å². The number of hydrogen-bond acceptors (Lipinski definition) is 1. The number of nitrogens with zero attached hydrogens (tertiary/aromatic N) is 1. The number of halogens is 1. The van der Waals surface area contributed by atoms with Gasteiger partial charge in [0, 0.05) is 28.9 Å². The number of para-hydroxylation sites is 1. The number of fused-ring (bicyclic) bond motifs is 1. The third-order valence-electron chi connectivity index (χ3n) is 3.56. The number of thiocarbonyl (C=S) groups is 1. The van der Waals surface area contributed by atoms with Crippen LogP contribution in [0.1, 0.15) is 18.4 Å². The van der Waals surface area contributed by atoms with E-state index in [9.17, 15) is 0 Å². The highest BCUT2D eigenvalue weighted by Gasteiger charge is 2.27. The van der Waals surface area contributed by atoms with Crippen LogP contribution in [0.3, 0.4) is 0 Å². The van der Waals surface area contributed by atoms with Crippen LogP contribution in [0.15, 0.2) is 48.5 Å². The van der Waals surface area contributed by atoms with Gasteiger partial charge in [-0.25, -0.2) is 0 Å². The minimum absolute atomic E-state index is 0.496. The molecule has 1 atom stereocenters. The zero-order valence-electron chi connectivity index (χ0n) is 11.1. The average Bonchev–Trinajstić information content (AvgIpc) is 2.79. The lowest BCUT2D eigenvalue weighted by molar-refractivity contribution is 0.823. The first-order chi connectivity index (χ1) is 9.65. The fourth-order valence-corrected chi connectivity index (χ4v) is 2.95. The quantitative estimate of drug-likeness (QED) is 0.771. The molecule has 2 aromatic carbocycles. The van der Waals surface area contributed by atoms with Crippen LogP contribution < -0.4 is 10.2 Å². The molecule has 0 saturated carbocycles. The topological polar surface area (TPSA) is 15.3 Å². The monoisotopic (exact) mass is 302 g/mol. The Balaban J connectivity index is 1.80. The Morgan fingerprint density at radius 3 is 2.65 bits per heavy atom. The van der Waals surface area contributed by atoms with Gasteiger partial charge in [0.05, 0.1) is 0 Å². The van der Waals surface area contributed by atoms with E-state index >= 15 is 0 Å². The van der Waals surface area contributed by atoms with E-state index in [1.54, 1.807) is 0 Å². The summed E-state index contributed by atoms with van der Waals surface area (Å²) >= 11 is 11.4. The number of rotatable bonds is 1. The van der Waals surface area contributed by atoms with Crippen molar-refractivity contribution in [2.45, 2.75) is 12.8 Å². The van der Waals surface area contributed by atoms with Gasteiger partial charge in [0.15, 0.2) is 5.11 Å². The summed E-state index contributed by atoms with van der Waals surface area (Å²) in [6.07, 6.45) is 0. The van der Waals surface area contributed by atoms with Crippen molar-refractivity contribution < 1.29 is 0 Å². The van der Waals surface area contributed by atoms with Gasteiger partial charge >= 0.3 is 0 Å². The highest BCUT2D eigenvalue weighted by Crippen LogP contribution is 2.35. The molecule has 0 amide bonds. The van der Waals surface area contributed by atoms with Gasteiger partial charge in [-0.15, -0.1) is 0 Å². The van der Waals surface area contributed by atoms with Gasteiger partial charge in [-0.3, -0.25) is 0 Å². The van der Waals surface area contributed by atoms with Crippen LogP contribution in [0.25, 0.3) is 0 Å². The first-order valence-corrected chi connectivity index (χ1v) is 7.37. The maximum absolute atomic E-state index is 5.89. The molecule has 1 aliphatic heterocycles. The third kappa shape index (κ3) is 2.51. The lowest BCUT2D eigenvalue weighted by Crippen LogP contribution is -2.33. The van der Waals surface area contributed by atoms with Gasteiger partial charge in [-0.2, -0.15) is 0 Å². The van der Waals surface area contributed by atoms with Crippen molar-refractivity contribution in [3.8, 4) is 0 Å². The Hall–Kier alpha value is -1.58. The SMILES string of the molecule is CC1CN(C(=S)Nc2ccc(Cl)cc2)c2ccccc21. The van der Waals surface area contributed by atoms with Crippen LogP contribution in [0, 0.1) is 0 Å². The first-order valence-electron chi connectivity index (χ1n) is 6.58. The summed E-state index contributed by atoms with van der Waals surface area (Å²) in [6, 6.07) is 16.0. The number of anilines is 2. The Morgan fingerprint density at radius 2 is 1.90 bits per heavy atom. The number of benzene rings is 2. The van der Waals surface area contributed by atoms with Crippen LogP contribution in [0.4, 0.5) is 11.4 Å². The van der Waals surface area contributed by atoms with Crippen LogP contribution in [0.5, 0.6) is 0 Å². The van der Waals surface area contributed by atoms with Gasteiger partial charge in [0.25, 0.3) is 0 Å². The van der Waals surface area contributed by atoms with Crippen molar-refractivity contribution in [1.29, 1.82) is 0 Å².